The van der Waals surface area contributed by atoms with Gasteiger partial charge in [0, 0.05) is 22.9 Å². The maximum Gasteiger partial charge on any atom is 0.416 e. The van der Waals surface area contributed by atoms with Crippen LogP contribution in [-0.4, -0.2) is 18.1 Å². The summed E-state index contributed by atoms with van der Waals surface area (Å²) in [5.74, 6) is 0.221. The summed E-state index contributed by atoms with van der Waals surface area (Å²) in [4.78, 5) is 6.41. The van der Waals surface area contributed by atoms with Crippen molar-refractivity contribution in [1.82, 2.24) is 4.98 Å². The summed E-state index contributed by atoms with van der Waals surface area (Å²) in [5.41, 5.74) is 7.67. The summed E-state index contributed by atoms with van der Waals surface area (Å²) in [7, 11) is 0. The maximum absolute atomic E-state index is 12.7. The Morgan fingerprint density at radius 2 is 1.96 bits per heavy atom. The number of fused-ring (bicyclic) bond motifs is 1. The largest absolute Gasteiger partial charge is 0.416 e. The summed E-state index contributed by atoms with van der Waals surface area (Å²) in [6, 6.07) is 7.13. The van der Waals surface area contributed by atoms with Crippen LogP contribution in [0, 0.1) is 5.92 Å². The Hall–Kier alpha value is -1.60. The van der Waals surface area contributed by atoms with Crippen molar-refractivity contribution in [3.63, 3.8) is 0 Å². The van der Waals surface area contributed by atoms with Crippen molar-refractivity contribution in [2.24, 2.45) is 11.7 Å². The third-order valence-electron chi connectivity index (χ3n) is 3.97. The first-order valence-electron chi connectivity index (χ1n) is 7.18. The molecule has 0 aliphatic carbocycles. The summed E-state index contributed by atoms with van der Waals surface area (Å²) in [5, 5.41) is 0. The molecule has 2 aromatic rings. The van der Waals surface area contributed by atoms with Gasteiger partial charge in [0.15, 0.2) is 0 Å². The van der Waals surface area contributed by atoms with Gasteiger partial charge in [-0.15, -0.1) is 0 Å². The molecule has 3 nitrogen and oxygen atoms in total. The highest BCUT2D eigenvalue weighted by Crippen LogP contribution is 2.37. The molecule has 0 spiro atoms. The number of benzene rings is 1. The number of aromatic nitrogens is 1. The van der Waals surface area contributed by atoms with Crippen LogP contribution in [0.5, 0.6) is 0 Å². The van der Waals surface area contributed by atoms with Gasteiger partial charge < -0.3 is 10.6 Å². The highest BCUT2D eigenvalue weighted by atomic mass is 79.9. The molecule has 1 aliphatic heterocycles. The van der Waals surface area contributed by atoms with Gasteiger partial charge in [0.2, 0.25) is 0 Å². The second kappa shape index (κ2) is 6.13. The zero-order valence-corrected chi connectivity index (χ0v) is 13.7. The second-order valence-corrected chi connectivity index (χ2v) is 6.50. The average molecular weight is 386 g/mol. The van der Waals surface area contributed by atoms with Crippen molar-refractivity contribution in [1.29, 1.82) is 0 Å². The fourth-order valence-electron chi connectivity index (χ4n) is 2.78. The molecule has 0 bridgehead atoms. The maximum atomic E-state index is 12.7. The third kappa shape index (κ3) is 3.35. The minimum absolute atomic E-state index is 0.221. The number of halogens is 4. The zero-order chi connectivity index (χ0) is 16.6. The van der Waals surface area contributed by atoms with Crippen molar-refractivity contribution in [2.45, 2.75) is 12.6 Å². The molecule has 3 rings (SSSR count). The lowest BCUT2D eigenvalue weighted by Crippen LogP contribution is -2.36. The SMILES string of the molecule is NCC1Cc2ncc(Br)cc2N(c2ccc(C(F)(F)F)cc2)C1. The predicted molar refractivity (Wildman–Crippen MR) is 86.6 cm³/mol. The molecule has 1 atom stereocenters. The van der Waals surface area contributed by atoms with Crippen molar-refractivity contribution in [3.8, 4) is 0 Å². The highest BCUT2D eigenvalue weighted by molar-refractivity contribution is 9.10. The van der Waals surface area contributed by atoms with Gasteiger partial charge in [-0.25, -0.2) is 0 Å². The highest BCUT2D eigenvalue weighted by Gasteiger charge is 2.31. The first kappa shape index (κ1) is 16.3. The number of rotatable bonds is 2. The summed E-state index contributed by atoms with van der Waals surface area (Å²) in [6.07, 6.45) is -1.83. The van der Waals surface area contributed by atoms with E-state index in [1.165, 1.54) is 12.1 Å². The van der Waals surface area contributed by atoms with Crippen molar-refractivity contribution in [3.05, 3.63) is 52.3 Å². The Balaban J connectivity index is 2.00. The fraction of sp³-hybridized carbons (Fsp3) is 0.312. The van der Waals surface area contributed by atoms with Crippen LogP contribution in [0.3, 0.4) is 0 Å². The van der Waals surface area contributed by atoms with E-state index in [-0.39, 0.29) is 5.92 Å². The summed E-state index contributed by atoms with van der Waals surface area (Å²) in [6.45, 7) is 1.17. The Morgan fingerprint density at radius 3 is 2.57 bits per heavy atom. The van der Waals surface area contributed by atoms with Crippen molar-refractivity contribution in [2.75, 3.05) is 18.0 Å². The Bertz CT molecular complexity index is 701. The van der Waals surface area contributed by atoms with Gasteiger partial charge in [-0.2, -0.15) is 13.2 Å². The number of anilines is 2. The van der Waals surface area contributed by atoms with Gasteiger partial charge in [0.05, 0.1) is 16.9 Å². The molecule has 0 saturated carbocycles. The molecular weight excluding hydrogens is 371 g/mol. The Morgan fingerprint density at radius 1 is 1.26 bits per heavy atom. The van der Waals surface area contributed by atoms with Crippen LogP contribution in [0.2, 0.25) is 0 Å². The van der Waals surface area contributed by atoms with E-state index in [9.17, 15) is 13.2 Å². The standard InChI is InChI=1S/C16H15BrF3N3/c17-12-6-15-14(22-8-12)5-10(7-21)9-23(15)13-3-1-11(2-4-13)16(18,19)20/h1-4,6,8,10H,5,7,9,21H2. The molecule has 2 N–H and O–H groups in total. The molecule has 1 aliphatic rings. The predicted octanol–water partition coefficient (Wildman–Crippen LogP) is 4.13. The van der Waals surface area contributed by atoms with E-state index in [0.717, 1.165) is 34.4 Å². The van der Waals surface area contributed by atoms with E-state index in [1.807, 2.05) is 11.0 Å². The van der Waals surface area contributed by atoms with Crippen molar-refractivity contribution < 1.29 is 13.2 Å². The van der Waals surface area contributed by atoms with E-state index in [0.29, 0.717) is 18.8 Å². The molecule has 0 saturated heterocycles. The van der Waals surface area contributed by atoms with Crippen LogP contribution < -0.4 is 10.6 Å². The molecule has 0 fully saturated rings. The monoisotopic (exact) mass is 385 g/mol. The van der Waals surface area contributed by atoms with Gasteiger partial charge in [-0.1, -0.05) is 0 Å². The van der Waals surface area contributed by atoms with E-state index in [2.05, 4.69) is 20.9 Å². The molecule has 1 aromatic carbocycles. The van der Waals surface area contributed by atoms with E-state index < -0.39 is 11.7 Å². The number of hydrogen-bond donors (Lipinski definition) is 1. The van der Waals surface area contributed by atoms with Crippen LogP contribution in [0.1, 0.15) is 11.3 Å². The molecular formula is C16H15BrF3N3. The Kier molecular flexibility index (Phi) is 4.33. The number of nitrogens with two attached hydrogens (primary N) is 1. The smallest absolute Gasteiger partial charge is 0.340 e. The Labute approximate surface area is 140 Å². The minimum atomic E-state index is -4.33. The second-order valence-electron chi connectivity index (χ2n) is 5.58. The summed E-state index contributed by atoms with van der Waals surface area (Å²) >= 11 is 3.40. The lowest BCUT2D eigenvalue weighted by molar-refractivity contribution is -0.137. The van der Waals surface area contributed by atoms with Crippen LogP contribution in [0.4, 0.5) is 24.5 Å². The molecule has 1 aromatic heterocycles. The van der Waals surface area contributed by atoms with Crippen LogP contribution >= 0.6 is 15.9 Å². The average Bonchev–Trinajstić information content (AvgIpc) is 2.53. The number of pyridine rings is 1. The lowest BCUT2D eigenvalue weighted by atomic mass is 9.95. The van der Waals surface area contributed by atoms with Crippen LogP contribution in [0.15, 0.2) is 41.0 Å². The van der Waals surface area contributed by atoms with Crippen LogP contribution in [-0.2, 0) is 12.6 Å². The minimum Gasteiger partial charge on any atom is -0.340 e. The van der Waals surface area contributed by atoms with Crippen molar-refractivity contribution >= 4 is 27.3 Å². The third-order valence-corrected chi connectivity index (χ3v) is 4.40. The first-order chi connectivity index (χ1) is 10.9. The molecule has 122 valence electrons. The topological polar surface area (TPSA) is 42.1 Å². The molecule has 0 radical (unpaired) electrons. The van der Waals surface area contributed by atoms with Gasteiger partial charge in [-0.3, -0.25) is 4.98 Å². The molecule has 2 heterocycles. The molecule has 0 amide bonds. The number of nitrogens with zero attached hydrogens (tertiary/aromatic N) is 2. The van der Waals surface area contributed by atoms with E-state index in [4.69, 9.17) is 5.73 Å². The number of alkyl halides is 3. The normalized spacial score (nSPS) is 18.0. The molecule has 23 heavy (non-hydrogen) atoms. The van der Waals surface area contributed by atoms with E-state index >= 15 is 0 Å². The van der Waals surface area contributed by atoms with Gasteiger partial charge >= 0.3 is 6.18 Å². The first-order valence-corrected chi connectivity index (χ1v) is 7.97. The van der Waals surface area contributed by atoms with E-state index in [1.54, 1.807) is 6.20 Å². The van der Waals surface area contributed by atoms with Gasteiger partial charge in [0.1, 0.15) is 0 Å². The fourth-order valence-corrected chi connectivity index (χ4v) is 3.09. The molecule has 1 unspecified atom stereocenters. The van der Waals surface area contributed by atoms with Gasteiger partial charge in [-0.05, 0) is 65.1 Å². The molecule has 7 heteroatoms. The number of hydrogen-bond acceptors (Lipinski definition) is 3. The van der Waals surface area contributed by atoms with Crippen LogP contribution in [0.25, 0.3) is 0 Å². The quantitative estimate of drug-likeness (QED) is 0.844. The summed E-state index contributed by atoms with van der Waals surface area (Å²) < 4.78 is 39.0. The van der Waals surface area contributed by atoms with Gasteiger partial charge in [0.25, 0.3) is 0 Å². The lowest BCUT2D eigenvalue weighted by Gasteiger charge is -2.35. The zero-order valence-electron chi connectivity index (χ0n) is 12.1.